The summed E-state index contributed by atoms with van der Waals surface area (Å²) >= 11 is 6.14. The summed E-state index contributed by atoms with van der Waals surface area (Å²) in [5.74, 6) is -0.136. The molecule has 1 saturated heterocycles. The number of anilines is 2. The first-order chi connectivity index (χ1) is 11.7. The lowest BCUT2D eigenvalue weighted by Gasteiger charge is -2.32. The summed E-state index contributed by atoms with van der Waals surface area (Å²) in [5.41, 5.74) is 1.88. The summed E-state index contributed by atoms with van der Waals surface area (Å²) in [6, 6.07) is 10.9. The molecule has 124 valence electrons. The normalized spacial score (nSPS) is 14.4. The van der Waals surface area contributed by atoms with Gasteiger partial charge in [-0.1, -0.05) is 23.7 Å². The van der Waals surface area contributed by atoms with Crippen LogP contribution in [0, 0.1) is 0 Å². The van der Waals surface area contributed by atoms with Crippen LogP contribution in [0.15, 0.2) is 42.6 Å². The van der Waals surface area contributed by atoms with E-state index in [2.05, 4.69) is 10.3 Å². The topological polar surface area (TPSA) is 65.5 Å². The molecule has 1 fully saturated rings. The molecule has 0 bridgehead atoms. The van der Waals surface area contributed by atoms with E-state index in [4.69, 9.17) is 11.6 Å². The number of hydrogen-bond acceptors (Lipinski definition) is 4. The van der Waals surface area contributed by atoms with Crippen molar-refractivity contribution in [3.05, 3.63) is 53.3 Å². The first kappa shape index (κ1) is 16.3. The number of nitrogens with zero attached hydrogens (tertiary/aromatic N) is 3. The minimum absolute atomic E-state index is 0.136. The molecule has 1 aliphatic heterocycles. The Morgan fingerprint density at radius 3 is 2.62 bits per heavy atom. The Balaban J connectivity index is 1.72. The fourth-order valence-electron chi connectivity index (χ4n) is 2.54. The van der Waals surface area contributed by atoms with Gasteiger partial charge in [0.05, 0.1) is 10.7 Å². The van der Waals surface area contributed by atoms with Gasteiger partial charge in [0.25, 0.3) is 5.91 Å². The number of amides is 2. The van der Waals surface area contributed by atoms with Crippen LogP contribution in [0.2, 0.25) is 5.02 Å². The quantitative estimate of drug-likeness (QED) is 0.865. The zero-order valence-electron chi connectivity index (χ0n) is 13.0. The van der Waals surface area contributed by atoms with E-state index in [1.165, 1.54) is 0 Å². The van der Waals surface area contributed by atoms with Crippen LogP contribution in [0.3, 0.4) is 0 Å². The molecule has 2 aromatic rings. The number of benzene rings is 1. The highest BCUT2D eigenvalue weighted by atomic mass is 35.5. The van der Waals surface area contributed by atoms with Crippen LogP contribution in [0.1, 0.15) is 10.5 Å². The monoisotopic (exact) mass is 344 g/mol. The summed E-state index contributed by atoms with van der Waals surface area (Å²) < 4.78 is 0. The van der Waals surface area contributed by atoms with Crippen LogP contribution in [0.25, 0.3) is 0 Å². The van der Waals surface area contributed by atoms with Crippen LogP contribution >= 0.6 is 11.6 Å². The lowest BCUT2D eigenvalue weighted by Crippen LogP contribution is -2.48. The number of carbonyl (C=O) groups is 2. The fourth-order valence-corrected chi connectivity index (χ4v) is 2.72. The van der Waals surface area contributed by atoms with Gasteiger partial charge >= 0.3 is 0 Å². The van der Waals surface area contributed by atoms with E-state index in [9.17, 15) is 9.59 Å². The molecule has 0 radical (unpaired) electrons. The number of carbonyl (C=O) groups excluding carboxylic acids is 2. The number of pyridine rings is 1. The van der Waals surface area contributed by atoms with E-state index in [1.807, 2.05) is 18.2 Å². The van der Waals surface area contributed by atoms with E-state index < -0.39 is 0 Å². The summed E-state index contributed by atoms with van der Waals surface area (Å²) in [5, 5.41) is 3.79. The van der Waals surface area contributed by atoms with Gasteiger partial charge in [-0.2, -0.15) is 0 Å². The van der Waals surface area contributed by atoms with Gasteiger partial charge < -0.3 is 15.1 Å². The molecule has 3 rings (SSSR count). The van der Waals surface area contributed by atoms with E-state index in [0.29, 0.717) is 36.9 Å². The Labute approximate surface area is 145 Å². The molecule has 2 heterocycles. The molecule has 6 nitrogen and oxygen atoms in total. The molecule has 0 spiro atoms. The summed E-state index contributed by atoms with van der Waals surface area (Å²) in [4.78, 5) is 30.9. The average Bonchev–Trinajstić information content (AvgIpc) is 2.63. The molecular formula is C17H17ClN4O2. The van der Waals surface area contributed by atoms with Gasteiger partial charge in [0, 0.05) is 38.1 Å². The third-order valence-corrected chi connectivity index (χ3v) is 4.21. The Kier molecular flexibility index (Phi) is 4.96. The molecule has 1 aliphatic rings. The number of aromatic nitrogens is 1. The third kappa shape index (κ3) is 3.65. The predicted octanol–water partition coefficient (Wildman–Crippen LogP) is 2.39. The highest BCUT2D eigenvalue weighted by Crippen LogP contribution is 2.25. The van der Waals surface area contributed by atoms with E-state index in [1.54, 1.807) is 34.2 Å². The number of piperazine rings is 1. The summed E-state index contributed by atoms with van der Waals surface area (Å²) in [6.07, 6.45) is 2.41. The molecule has 0 unspecified atom stereocenters. The summed E-state index contributed by atoms with van der Waals surface area (Å²) in [7, 11) is 0. The number of nitrogens with one attached hydrogen (secondary N) is 1. The van der Waals surface area contributed by atoms with Crippen LogP contribution in [-0.2, 0) is 4.79 Å². The molecule has 7 heteroatoms. The van der Waals surface area contributed by atoms with Gasteiger partial charge in [-0.05, 0) is 24.3 Å². The maximum Gasteiger partial charge on any atom is 0.272 e. The minimum atomic E-state index is -0.136. The number of rotatable bonds is 4. The minimum Gasteiger partial charge on any atom is -0.354 e. The second kappa shape index (κ2) is 7.31. The van der Waals surface area contributed by atoms with Crippen LogP contribution in [0.5, 0.6) is 0 Å². The molecule has 24 heavy (non-hydrogen) atoms. The van der Waals surface area contributed by atoms with Crippen LogP contribution in [0.4, 0.5) is 11.4 Å². The molecule has 0 aliphatic carbocycles. The van der Waals surface area contributed by atoms with Gasteiger partial charge in [0.1, 0.15) is 5.69 Å². The van der Waals surface area contributed by atoms with Crippen molar-refractivity contribution in [2.75, 3.05) is 31.5 Å². The number of halogens is 1. The van der Waals surface area contributed by atoms with Crippen molar-refractivity contribution in [2.45, 2.75) is 0 Å². The lowest BCUT2D eigenvalue weighted by atomic mass is 10.2. The Morgan fingerprint density at radius 2 is 1.92 bits per heavy atom. The van der Waals surface area contributed by atoms with Crippen molar-refractivity contribution in [2.24, 2.45) is 0 Å². The van der Waals surface area contributed by atoms with Crippen molar-refractivity contribution in [1.82, 2.24) is 14.8 Å². The maximum atomic E-state index is 12.6. The molecule has 2 amide bonds. The van der Waals surface area contributed by atoms with Gasteiger partial charge in [-0.25, -0.2) is 0 Å². The Hall–Kier alpha value is -2.60. The number of para-hydroxylation sites is 1. The van der Waals surface area contributed by atoms with Gasteiger partial charge in [-0.3, -0.25) is 14.6 Å². The Morgan fingerprint density at radius 1 is 1.17 bits per heavy atom. The molecule has 1 N–H and O–H groups in total. The summed E-state index contributed by atoms with van der Waals surface area (Å²) in [6.45, 7) is 2.13. The second-order valence-electron chi connectivity index (χ2n) is 5.47. The second-order valence-corrected chi connectivity index (χ2v) is 5.88. The van der Waals surface area contributed by atoms with Crippen molar-refractivity contribution < 1.29 is 9.59 Å². The smallest absolute Gasteiger partial charge is 0.272 e. The lowest BCUT2D eigenvalue weighted by molar-refractivity contribution is -0.119. The van der Waals surface area contributed by atoms with Crippen molar-refractivity contribution in [1.29, 1.82) is 0 Å². The Bertz CT molecular complexity index is 745. The van der Waals surface area contributed by atoms with Gasteiger partial charge in [-0.15, -0.1) is 0 Å². The van der Waals surface area contributed by atoms with E-state index in [0.717, 1.165) is 17.8 Å². The van der Waals surface area contributed by atoms with E-state index >= 15 is 0 Å². The zero-order chi connectivity index (χ0) is 16.9. The van der Waals surface area contributed by atoms with Crippen molar-refractivity contribution in [3.63, 3.8) is 0 Å². The predicted molar refractivity (Wildman–Crippen MR) is 92.5 cm³/mol. The molecule has 1 aromatic heterocycles. The molecule has 1 aromatic carbocycles. The maximum absolute atomic E-state index is 12.6. The average molecular weight is 345 g/mol. The van der Waals surface area contributed by atoms with Crippen LogP contribution < -0.4 is 5.32 Å². The largest absolute Gasteiger partial charge is 0.354 e. The zero-order valence-corrected chi connectivity index (χ0v) is 13.7. The first-order valence-electron chi connectivity index (χ1n) is 7.63. The molecule has 0 saturated carbocycles. The van der Waals surface area contributed by atoms with Gasteiger partial charge in [0.15, 0.2) is 0 Å². The van der Waals surface area contributed by atoms with Crippen LogP contribution in [-0.4, -0.2) is 53.3 Å². The highest BCUT2D eigenvalue weighted by Gasteiger charge is 2.22. The first-order valence-corrected chi connectivity index (χ1v) is 8.01. The van der Waals surface area contributed by atoms with Crippen molar-refractivity contribution in [3.8, 4) is 0 Å². The van der Waals surface area contributed by atoms with E-state index in [-0.39, 0.29) is 5.91 Å². The fraction of sp³-hybridized carbons (Fsp3) is 0.235. The highest BCUT2D eigenvalue weighted by molar-refractivity contribution is 6.33. The van der Waals surface area contributed by atoms with Crippen molar-refractivity contribution >= 4 is 35.3 Å². The SMILES string of the molecule is O=CN1CCN(C(=O)c2cc(Nc3ccccc3Cl)ccn2)CC1. The van der Waals surface area contributed by atoms with Gasteiger partial charge in [0.2, 0.25) is 6.41 Å². The number of hydrogen-bond donors (Lipinski definition) is 1. The molecule has 0 atom stereocenters. The third-order valence-electron chi connectivity index (χ3n) is 3.88. The standard InChI is InChI=1S/C17H17ClN4O2/c18-14-3-1-2-4-15(14)20-13-5-6-19-16(11-13)17(24)22-9-7-21(12-23)8-10-22/h1-6,11-12H,7-10H2,(H,19,20). The molecular weight excluding hydrogens is 328 g/mol.